The number of benzene rings is 2. The molecule has 2 aromatic carbocycles. The van der Waals surface area contributed by atoms with Crippen molar-refractivity contribution in [1.29, 1.82) is 0 Å². The molecule has 0 saturated heterocycles. The van der Waals surface area contributed by atoms with Crippen LogP contribution in [0.4, 0.5) is 0 Å². The predicted octanol–water partition coefficient (Wildman–Crippen LogP) is 4.21. The topological polar surface area (TPSA) is 53.4 Å². The van der Waals surface area contributed by atoms with Crippen LogP contribution in [0.1, 0.15) is 24.1 Å². The summed E-state index contributed by atoms with van der Waals surface area (Å²) in [5.74, 6) is 1.50. The number of hydrogen-bond acceptors (Lipinski definition) is 5. The maximum absolute atomic E-state index is 13.1. The van der Waals surface area contributed by atoms with E-state index in [4.69, 9.17) is 14.5 Å². The molecule has 0 fully saturated rings. The van der Waals surface area contributed by atoms with Crippen molar-refractivity contribution in [3.8, 4) is 5.75 Å². The third-order valence-electron chi connectivity index (χ3n) is 4.42. The smallest absolute Gasteiger partial charge is 0.262 e. The number of thioether (sulfide) groups is 1. The van der Waals surface area contributed by atoms with Crippen LogP contribution in [0, 0.1) is 6.92 Å². The first-order valence-electron chi connectivity index (χ1n) is 8.81. The number of hydrogen-bond donors (Lipinski definition) is 0. The highest BCUT2D eigenvalue weighted by Crippen LogP contribution is 2.29. The first-order chi connectivity index (χ1) is 13.0. The van der Waals surface area contributed by atoms with Crippen molar-refractivity contribution in [2.24, 2.45) is 0 Å². The molecule has 0 N–H and O–H groups in total. The highest BCUT2D eigenvalue weighted by Gasteiger charge is 2.17. The van der Waals surface area contributed by atoms with Crippen LogP contribution < -0.4 is 10.3 Å². The van der Waals surface area contributed by atoms with E-state index in [0.29, 0.717) is 28.4 Å². The van der Waals surface area contributed by atoms with Crippen LogP contribution in [0.5, 0.6) is 5.75 Å². The molecule has 0 spiro atoms. The molecule has 0 aliphatic heterocycles. The monoisotopic (exact) mass is 384 g/mol. The van der Waals surface area contributed by atoms with Gasteiger partial charge in [0.1, 0.15) is 5.75 Å². The Hall–Kier alpha value is -2.31. The van der Waals surface area contributed by atoms with E-state index in [1.54, 1.807) is 18.8 Å². The van der Waals surface area contributed by atoms with Gasteiger partial charge in [0, 0.05) is 18.4 Å². The van der Waals surface area contributed by atoms with Gasteiger partial charge in [0.25, 0.3) is 5.56 Å². The van der Waals surface area contributed by atoms with Gasteiger partial charge < -0.3 is 9.47 Å². The zero-order valence-corrected chi connectivity index (χ0v) is 16.9. The Kier molecular flexibility index (Phi) is 6.19. The van der Waals surface area contributed by atoms with Crippen LogP contribution in [-0.4, -0.2) is 30.4 Å². The van der Waals surface area contributed by atoms with Crippen molar-refractivity contribution >= 4 is 22.7 Å². The number of fused-ring (bicyclic) bond motifs is 1. The summed E-state index contributed by atoms with van der Waals surface area (Å²) in [6.07, 6.45) is 0. The fraction of sp³-hybridized carbons (Fsp3) is 0.333. The summed E-state index contributed by atoms with van der Waals surface area (Å²) in [7, 11) is 3.31. The number of nitrogens with zero attached hydrogens (tertiary/aromatic N) is 2. The third kappa shape index (κ3) is 4.17. The number of aryl methyl sites for hydroxylation is 1. The lowest BCUT2D eigenvalue weighted by Gasteiger charge is -2.19. The summed E-state index contributed by atoms with van der Waals surface area (Å²) < 4.78 is 12.5. The molecule has 3 aromatic rings. The molecule has 0 radical (unpaired) electrons. The van der Waals surface area contributed by atoms with Crippen molar-refractivity contribution in [3.63, 3.8) is 0 Å². The van der Waals surface area contributed by atoms with E-state index in [-0.39, 0.29) is 11.6 Å². The molecule has 1 heterocycles. The van der Waals surface area contributed by atoms with Crippen LogP contribution in [0.15, 0.2) is 52.4 Å². The fourth-order valence-electron chi connectivity index (χ4n) is 3.09. The SMILES string of the molecule is COCC(C)n1c(SCc2cc(C)ccc2OC)nc2ccccc2c1=O. The molecule has 0 bridgehead atoms. The van der Waals surface area contributed by atoms with E-state index >= 15 is 0 Å². The second kappa shape index (κ2) is 8.59. The van der Waals surface area contributed by atoms with Gasteiger partial charge in [0.05, 0.1) is 30.7 Å². The first-order valence-corrected chi connectivity index (χ1v) is 9.80. The number of aromatic nitrogens is 2. The summed E-state index contributed by atoms with van der Waals surface area (Å²) >= 11 is 1.54. The normalized spacial score (nSPS) is 12.3. The number of methoxy groups -OCH3 is 2. The average Bonchev–Trinajstić information content (AvgIpc) is 2.66. The Morgan fingerprint density at radius 2 is 1.96 bits per heavy atom. The van der Waals surface area contributed by atoms with Gasteiger partial charge in [0.15, 0.2) is 5.16 Å². The van der Waals surface area contributed by atoms with E-state index in [1.165, 1.54) is 17.3 Å². The van der Waals surface area contributed by atoms with E-state index in [0.717, 1.165) is 11.3 Å². The quantitative estimate of drug-likeness (QED) is 0.451. The summed E-state index contributed by atoms with van der Waals surface area (Å²) in [6, 6.07) is 13.4. The highest BCUT2D eigenvalue weighted by atomic mass is 32.2. The summed E-state index contributed by atoms with van der Waals surface area (Å²) in [5.41, 5.74) is 2.92. The second-order valence-corrected chi connectivity index (χ2v) is 7.44. The van der Waals surface area contributed by atoms with Gasteiger partial charge in [-0.25, -0.2) is 4.98 Å². The molecule has 5 nitrogen and oxygen atoms in total. The van der Waals surface area contributed by atoms with Crippen molar-refractivity contribution in [2.45, 2.75) is 30.8 Å². The third-order valence-corrected chi connectivity index (χ3v) is 5.42. The summed E-state index contributed by atoms with van der Waals surface area (Å²) in [5, 5.41) is 1.31. The van der Waals surface area contributed by atoms with Gasteiger partial charge in [-0.15, -0.1) is 0 Å². The average molecular weight is 385 g/mol. The van der Waals surface area contributed by atoms with Gasteiger partial charge in [-0.2, -0.15) is 0 Å². The zero-order valence-electron chi connectivity index (χ0n) is 16.1. The Balaban J connectivity index is 2.03. The molecular weight excluding hydrogens is 360 g/mol. The Morgan fingerprint density at radius 1 is 1.19 bits per heavy atom. The first kappa shape index (κ1) is 19.5. The maximum atomic E-state index is 13.1. The minimum Gasteiger partial charge on any atom is -0.496 e. The molecule has 142 valence electrons. The molecule has 0 saturated carbocycles. The van der Waals surface area contributed by atoms with Crippen molar-refractivity contribution < 1.29 is 9.47 Å². The molecule has 6 heteroatoms. The van der Waals surface area contributed by atoms with Crippen LogP contribution >= 0.6 is 11.8 Å². The van der Waals surface area contributed by atoms with Crippen LogP contribution in [0.25, 0.3) is 10.9 Å². The zero-order chi connectivity index (χ0) is 19.4. The van der Waals surface area contributed by atoms with Gasteiger partial charge in [-0.05, 0) is 32.0 Å². The molecule has 0 aliphatic rings. The maximum Gasteiger partial charge on any atom is 0.262 e. The lowest BCUT2D eigenvalue weighted by molar-refractivity contribution is 0.156. The second-order valence-electron chi connectivity index (χ2n) is 6.50. The predicted molar refractivity (Wildman–Crippen MR) is 110 cm³/mol. The molecule has 3 rings (SSSR count). The van der Waals surface area contributed by atoms with E-state index in [2.05, 4.69) is 13.0 Å². The standard InChI is InChI=1S/C21H24N2O3S/c1-14-9-10-19(26-4)16(11-14)13-27-21-22-18-8-6-5-7-17(18)20(24)23(21)15(2)12-25-3/h5-11,15H,12-13H2,1-4H3. The highest BCUT2D eigenvalue weighted by molar-refractivity contribution is 7.98. The Bertz CT molecular complexity index is 1000. The fourth-order valence-corrected chi connectivity index (χ4v) is 4.17. The lowest BCUT2D eigenvalue weighted by atomic mass is 10.1. The lowest BCUT2D eigenvalue weighted by Crippen LogP contribution is -2.28. The number of ether oxygens (including phenoxy) is 2. The summed E-state index contributed by atoms with van der Waals surface area (Å²) in [6.45, 7) is 4.47. The molecule has 1 atom stereocenters. The molecule has 1 aromatic heterocycles. The molecule has 27 heavy (non-hydrogen) atoms. The van der Waals surface area contributed by atoms with Crippen molar-refractivity contribution in [2.75, 3.05) is 20.8 Å². The largest absolute Gasteiger partial charge is 0.496 e. The van der Waals surface area contributed by atoms with Crippen molar-refractivity contribution in [1.82, 2.24) is 9.55 Å². The minimum absolute atomic E-state index is 0.0381. The van der Waals surface area contributed by atoms with Gasteiger partial charge >= 0.3 is 0 Å². The van der Waals surface area contributed by atoms with Crippen LogP contribution in [0.3, 0.4) is 0 Å². The van der Waals surface area contributed by atoms with Gasteiger partial charge in [0.2, 0.25) is 0 Å². The molecule has 1 unspecified atom stereocenters. The minimum atomic E-state index is -0.110. The molecular formula is C21H24N2O3S. The number of rotatable bonds is 7. The van der Waals surface area contributed by atoms with Crippen molar-refractivity contribution in [3.05, 3.63) is 63.9 Å². The Morgan fingerprint density at radius 3 is 2.70 bits per heavy atom. The Labute approximate surface area is 163 Å². The number of para-hydroxylation sites is 1. The van der Waals surface area contributed by atoms with E-state index in [1.807, 2.05) is 43.3 Å². The molecule has 0 amide bonds. The molecule has 0 aliphatic carbocycles. The van der Waals surface area contributed by atoms with Gasteiger partial charge in [-0.1, -0.05) is 41.6 Å². The van der Waals surface area contributed by atoms with Crippen LogP contribution in [0.2, 0.25) is 0 Å². The van der Waals surface area contributed by atoms with E-state index in [9.17, 15) is 4.79 Å². The van der Waals surface area contributed by atoms with Crippen LogP contribution in [-0.2, 0) is 10.5 Å². The van der Waals surface area contributed by atoms with Gasteiger partial charge in [-0.3, -0.25) is 9.36 Å². The summed E-state index contributed by atoms with van der Waals surface area (Å²) in [4.78, 5) is 17.8. The van der Waals surface area contributed by atoms with E-state index < -0.39 is 0 Å².